The molecule has 0 radical (unpaired) electrons. The minimum Gasteiger partial charge on any atom is -0.478 e. The molecule has 0 atom stereocenters. The van der Waals surface area contributed by atoms with Crippen LogP contribution in [0.25, 0.3) is 10.9 Å². The Bertz CT molecular complexity index is 836. The van der Waals surface area contributed by atoms with E-state index in [0.29, 0.717) is 10.5 Å². The second kappa shape index (κ2) is 5.38. The zero-order valence-electron chi connectivity index (χ0n) is 10.7. The second-order valence-electron chi connectivity index (χ2n) is 4.26. The van der Waals surface area contributed by atoms with Gasteiger partial charge in [-0.25, -0.2) is 9.78 Å². The number of hydrogen-bond acceptors (Lipinski definition) is 4. The molecule has 6 heteroatoms. The molecule has 0 fully saturated rings. The SMILES string of the molecule is O=C(O)c1cc(Cl)ccc1Oc1ncc2ccccc2n1. The van der Waals surface area contributed by atoms with Crippen molar-refractivity contribution in [2.45, 2.75) is 0 Å². The normalized spacial score (nSPS) is 10.5. The number of nitrogens with zero attached hydrogens (tertiary/aromatic N) is 2. The van der Waals surface area contributed by atoms with Gasteiger partial charge in [0.1, 0.15) is 11.3 Å². The van der Waals surface area contributed by atoms with Gasteiger partial charge >= 0.3 is 12.0 Å². The molecule has 0 unspecified atom stereocenters. The Kier molecular flexibility index (Phi) is 3.41. The smallest absolute Gasteiger partial charge is 0.339 e. The third kappa shape index (κ3) is 2.78. The molecule has 5 nitrogen and oxygen atoms in total. The molecule has 1 heterocycles. The van der Waals surface area contributed by atoms with Crippen LogP contribution in [0.4, 0.5) is 0 Å². The highest BCUT2D eigenvalue weighted by Gasteiger charge is 2.14. The molecule has 1 aromatic heterocycles. The van der Waals surface area contributed by atoms with E-state index in [4.69, 9.17) is 21.4 Å². The summed E-state index contributed by atoms with van der Waals surface area (Å²) >= 11 is 5.79. The Labute approximate surface area is 124 Å². The van der Waals surface area contributed by atoms with Crippen molar-refractivity contribution in [3.05, 3.63) is 59.2 Å². The lowest BCUT2D eigenvalue weighted by Crippen LogP contribution is -2.01. The summed E-state index contributed by atoms with van der Waals surface area (Å²) in [6, 6.07) is 11.9. The van der Waals surface area contributed by atoms with Crippen LogP contribution in [-0.4, -0.2) is 21.0 Å². The predicted octanol–water partition coefficient (Wildman–Crippen LogP) is 3.77. The zero-order valence-corrected chi connectivity index (χ0v) is 11.4. The van der Waals surface area contributed by atoms with Crippen LogP contribution in [0.5, 0.6) is 11.8 Å². The van der Waals surface area contributed by atoms with Gasteiger partial charge in [0.2, 0.25) is 0 Å². The van der Waals surface area contributed by atoms with E-state index in [1.807, 2.05) is 24.3 Å². The van der Waals surface area contributed by atoms with Crippen molar-refractivity contribution in [2.75, 3.05) is 0 Å². The molecule has 0 saturated heterocycles. The molecule has 1 N–H and O–H groups in total. The average molecular weight is 301 g/mol. The summed E-state index contributed by atoms with van der Waals surface area (Å²) in [4.78, 5) is 19.5. The number of carboxylic acids is 1. The lowest BCUT2D eigenvalue weighted by Gasteiger charge is -2.07. The van der Waals surface area contributed by atoms with Gasteiger partial charge in [0.05, 0.1) is 5.52 Å². The number of hydrogen-bond donors (Lipinski definition) is 1. The fourth-order valence-electron chi connectivity index (χ4n) is 1.86. The van der Waals surface area contributed by atoms with Gasteiger partial charge in [-0.3, -0.25) is 0 Å². The van der Waals surface area contributed by atoms with E-state index >= 15 is 0 Å². The Morgan fingerprint density at radius 2 is 2.00 bits per heavy atom. The maximum atomic E-state index is 11.2. The van der Waals surface area contributed by atoms with Crippen LogP contribution in [0.3, 0.4) is 0 Å². The fourth-order valence-corrected chi connectivity index (χ4v) is 2.03. The number of aromatic carboxylic acids is 1. The molecule has 0 spiro atoms. The van der Waals surface area contributed by atoms with Gasteiger partial charge in [0.25, 0.3) is 0 Å². The number of fused-ring (bicyclic) bond motifs is 1. The summed E-state index contributed by atoms with van der Waals surface area (Å²) in [5.74, 6) is -0.990. The van der Waals surface area contributed by atoms with Crippen LogP contribution >= 0.6 is 11.6 Å². The Morgan fingerprint density at radius 1 is 1.19 bits per heavy atom. The largest absolute Gasteiger partial charge is 0.478 e. The third-order valence-electron chi connectivity index (χ3n) is 2.84. The van der Waals surface area contributed by atoms with Crippen molar-refractivity contribution in [3.8, 4) is 11.8 Å². The van der Waals surface area contributed by atoms with Crippen molar-refractivity contribution in [3.63, 3.8) is 0 Å². The standard InChI is InChI=1S/C15H9ClN2O3/c16-10-5-6-13(11(7-10)14(19)20)21-15-17-8-9-3-1-2-4-12(9)18-15/h1-8H,(H,19,20). The topological polar surface area (TPSA) is 72.3 Å². The predicted molar refractivity (Wildman–Crippen MR) is 78.0 cm³/mol. The van der Waals surface area contributed by atoms with Gasteiger partial charge in [0.15, 0.2) is 0 Å². The van der Waals surface area contributed by atoms with Gasteiger partial charge in [0, 0.05) is 16.6 Å². The van der Waals surface area contributed by atoms with Crippen molar-refractivity contribution in [1.82, 2.24) is 9.97 Å². The minimum absolute atomic E-state index is 0.0424. The van der Waals surface area contributed by atoms with Crippen molar-refractivity contribution < 1.29 is 14.6 Å². The summed E-state index contributed by atoms with van der Waals surface area (Å²) in [6.07, 6.45) is 1.62. The van der Waals surface area contributed by atoms with Gasteiger partial charge < -0.3 is 9.84 Å². The minimum atomic E-state index is -1.13. The number of aromatic nitrogens is 2. The first-order valence-corrected chi connectivity index (χ1v) is 6.44. The van der Waals surface area contributed by atoms with Gasteiger partial charge in [-0.15, -0.1) is 0 Å². The van der Waals surface area contributed by atoms with E-state index in [-0.39, 0.29) is 17.3 Å². The van der Waals surface area contributed by atoms with Crippen molar-refractivity contribution in [1.29, 1.82) is 0 Å². The lowest BCUT2D eigenvalue weighted by molar-refractivity contribution is 0.0694. The first-order valence-electron chi connectivity index (χ1n) is 6.06. The molecule has 2 aromatic carbocycles. The van der Waals surface area contributed by atoms with Gasteiger partial charge in [-0.2, -0.15) is 4.98 Å². The summed E-state index contributed by atoms with van der Waals surface area (Å²) in [5.41, 5.74) is 0.674. The number of benzene rings is 2. The van der Waals surface area contributed by atoms with Crippen LogP contribution in [0.1, 0.15) is 10.4 Å². The van der Waals surface area contributed by atoms with E-state index < -0.39 is 5.97 Å². The highest BCUT2D eigenvalue weighted by molar-refractivity contribution is 6.31. The number of para-hydroxylation sites is 1. The number of carboxylic acid groups (broad SMARTS) is 1. The molecule has 3 rings (SSSR count). The van der Waals surface area contributed by atoms with E-state index in [9.17, 15) is 4.79 Å². The highest BCUT2D eigenvalue weighted by atomic mass is 35.5. The van der Waals surface area contributed by atoms with Crippen LogP contribution < -0.4 is 4.74 Å². The van der Waals surface area contributed by atoms with Crippen LogP contribution in [-0.2, 0) is 0 Å². The molecular weight excluding hydrogens is 292 g/mol. The van der Waals surface area contributed by atoms with Crippen LogP contribution in [0.2, 0.25) is 5.02 Å². The lowest BCUT2D eigenvalue weighted by atomic mass is 10.2. The van der Waals surface area contributed by atoms with Crippen molar-refractivity contribution >= 4 is 28.5 Å². The summed E-state index contributed by atoms with van der Waals surface area (Å²) in [5, 5.41) is 10.4. The first-order chi connectivity index (χ1) is 10.1. The quantitative estimate of drug-likeness (QED) is 0.797. The summed E-state index contributed by atoms with van der Waals surface area (Å²) in [6.45, 7) is 0. The molecule has 0 bridgehead atoms. The third-order valence-corrected chi connectivity index (χ3v) is 3.08. The molecule has 0 aliphatic rings. The Morgan fingerprint density at radius 3 is 2.81 bits per heavy atom. The summed E-state index contributed by atoms with van der Waals surface area (Å²) < 4.78 is 5.47. The number of rotatable bonds is 3. The van der Waals surface area contributed by atoms with Gasteiger partial charge in [-0.05, 0) is 24.3 Å². The molecule has 0 aliphatic heterocycles. The Balaban J connectivity index is 2.00. The molecule has 21 heavy (non-hydrogen) atoms. The molecule has 0 aliphatic carbocycles. The number of carbonyl (C=O) groups is 1. The number of ether oxygens (including phenoxy) is 1. The molecule has 3 aromatic rings. The maximum Gasteiger partial charge on any atom is 0.339 e. The fraction of sp³-hybridized carbons (Fsp3) is 0. The van der Waals surface area contributed by atoms with Gasteiger partial charge in [-0.1, -0.05) is 29.8 Å². The van der Waals surface area contributed by atoms with E-state index in [2.05, 4.69) is 9.97 Å². The van der Waals surface area contributed by atoms with Crippen molar-refractivity contribution in [2.24, 2.45) is 0 Å². The van der Waals surface area contributed by atoms with E-state index in [1.165, 1.54) is 12.1 Å². The number of halogens is 1. The molecular formula is C15H9ClN2O3. The molecule has 0 amide bonds. The van der Waals surface area contributed by atoms with E-state index in [0.717, 1.165) is 5.39 Å². The molecule has 0 saturated carbocycles. The monoisotopic (exact) mass is 300 g/mol. The second-order valence-corrected chi connectivity index (χ2v) is 4.70. The summed E-state index contributed by atoms with van der Waals surface area (Å²) in [7, 11) is 0. The maximum absolute atomic E-state index is 11.2. The first kappa shape index (κ1) is 13.3. The van der Waals surface area contributed by atoms with Crippen LogP contribution in [0, 0.1) is 0 Å². The highest BCUT2D eigenvalue weighted by Crippen LogP contribution is 2.26. The molecule has 104 valence electrons. The average Bonchev–Trinajstić information content (AvgIpc) is 2.49. The van der Waals surface area contributed by atoms with Crippen LogP contribution in [0.15, 0.2) is 48.7 Å². The zero-order chi connectivity index (χ0) is 14.8. The van der Waals surface area contributed by atoms with E-state index in [1.54, 1.807) is 12.3 Å². The Hall–Kier alpha value is -2.66.